The first-order chi connectivity index (χ1) is 15.0. The zero-order valence-electron chi connectivity index (χ0n) is 18.7. The van der Waals surface area contributed by atoms with Gasteiger partial charge in [0.1, 0.15) is 11.6 Å². The molecular formula is C25H31N3O3. The number of carbonyl (C=O) groups is 1. The lowest BCUT2D eigenvalue weighted by Gasteiger charge is -2.37. The lowest BCUT2D eigenvalue weighted by Crippen LogP contribution is -2.49. The smallest absolute Gasteiger partial charge is 0.231 e. The molecule has 0 spiro atoms. The van der Waals surface area contributed by atoms with E-state index < -0.39 is 5.41 Å². The van der Waals surface area contributed by atoms with Crippen molar-refractivity contribution in [2.24, 2.45) is 0 Å². The topological polar surface area (TPSA) is 65.4 Å². The van der Waals surface area contributed by atoms with E-state index in [1.165, 1.54) is 0 Å². The third kappa shape index (κ3) is 3.92. The second kappa shape index (κ2) is 8.71. The first kappa shape index (κ1) is 21.4. The predicted molar refractivity (Wildman–Crippen MR) is 121 cm³/mol. The van der Waals surface area contributed by atoms with E-state index in [9.17, 15) is 4.79 Å². The van der Waals surface area contributed by atoms with Gasteiger partial charge in [-0.25, -0.2) is 4.98 Å². The molecule has 0 saturated carbocycles. The van der Waals surface area contributed by atoms with Crippen molar-refractivity contribution in [3.8, 4) is 5.75 Å². The maximum Gasteiger partial charge on any atom is 0.231 e. The van der Waals surface area contributed by atoms with Gasteiger partial charge in [0.05, 0.1) is 29.6 Å². The molecule has 3 aromatic rings. The van der Waals surface area contributed by atoms with Crippen molar-refractivity contribution < 1.29 is 14.3 Å². The maximum absolute atomic E-state index is 13.7. The summed E-state index contributed by atoms with van der Waals surface area (Å²) in [6, 6.07) is 16.0. The van der Waals surface area contributed by atoms with Crippen LogP contribution in [0, 0.1) is 0 Å². The van der Waals surface area contributed by atoms with Crippen LogP contribution in [0.5, 0.6) is 5.75 Å². The number of fused-ring (bicyclic) bond motifs is 1. The summed E-state index contributed by atoms with van der Waals surface area (Å²) in [7, 11) is 1.65. The van der Waals surface area contributed by atoms with Crippen molar-refractivity contribution in [2.45, 2.75) is 51.1 Å². The monoisotopic (exact) mass is 421 g/mol. The number of carbonyl (C=O) groups excluding carboxylic acids is 1. The molecule has 1 N–H and O–H groups in total. The molecule has 0 aliphatic carbocycles. The van der Waals surface area contributed by atoms with Crippen molar-refractivity contribution in [1.82, 2.24) is 14.9 Å². The first-order valence-electron chi connectivity index (χ1n) is 11.0. The lowest BCUT2D eigenvalue weighted by atomic mass is 9.73. The van der Waals surface area contributed by atoms with Gasteiger partial charge in [-0.3, -0.25) is 4.79 Å². The standard InChI is InChI=1S/C25H31N3O3/c1-17(2)28-22-8-6-5-7-21(22)27-23(28)18(3)26-24(29)25(13-15-31-16-14-25)19-9-11-20(30-4)12-10-19/h5-12,17-18H,13-16H2,1-4H3,(H,26,29)/t18-/m1/s1. The van der Waals surface area contributed by atoms with E-state index in [1.807, 2.05) is 49.4 Å². The van der Waals surface area contributed by atoms with Gasteiger partial charge < -0.3 is 19.4 Å². The summed E-state index contributed by atoms with van der Waals surface area (Å²) in [5.74, 6) is 1.68. The van der Waals surface area contributed by atoms with E-state index >= 15 is 0 Å². The van der Waals surface area contributed by atoms with E-state index in [4.69, 9.17) is 14.5 Å². The Hall–Kier alpha value is -2.86. The number of nitrogens with one attached hydrogen (secondary N) is 1. The molecule has 0 bridgehead atoms. The fraction of sp³-hybridized carbons (Fsp3) is 0.440. The molecule has 2 heterocycles. The lowest BCUT2D eigenvalue weighted by molar-refractivity contribution is -0.131. The SMILES string of the molecule is COc1ccc(C2(C(=O)N[C@H](C)c3nc4ccccc4n3C(C)C)CCOCC2)cc1. The Morgan fingerprint density at radius 1 is 1.10 bits per heavy atom. The minimum atomic E-state index is -0.618. The van der Waals surface area contributed by atoms with E-state index in [0.717, 1.165) is 28.2 Å². The van der Waals surface area contributed by atoms with Crippen LogP contribution in [-0.2, 0) is 14.9 Å². The van der Waals surface area contributed by atoms with Crippen LogP contribution < -0.4 is 10.1 Å². The molecule has 2 aromatic carbocycles. The summed E-state index contributed by atoms with van der Waals surface area (Å²) in [6.07, 6.45) is 1.30. The number of nitrogens with zero attached hydrogens (tertiary/aromatic N) is 2. The van der Waals surface area contributed by atoms with Crippen LogP contribution in [-0.4, -0.2) is 35.8 Å². The Balaban J connectivity index is 1.66. The molecule has 1 aliphatic heterocycles. The summed E-state index contributed by atoms with van der Waals surface area (Å²) in [6.45, 7) is 7.43. The van der Waals surface area contributed by atoms with Gasteiger partial charge in [0.2, 0.25) is 5.91 Å². The molecule has 1 aliphatic rings. The molecular weight excluding hydrogens is 390 g/mol. The third-order valence-electron chi connectivity index (χ3n) is 6.30. The molecule has 1 atom stereocenters. The molecule has 0 radical (unpaired) electrons. The molecule has 1 amide bonds. The van der Waals surface area contributed by atoms with Gasteiger partial charge in [0.25, 0.3) is 0 Å². The van der Waals surface area contributed by atoms with Gasteiger partial charge in [-0.2, -0.15) is 0 Å². The van der Waals surface area contributed by atoms with Crippen molar-refractivity contribution in [1.29, 1.82) is 0 Å². The van der Waals surface area contributed by atoms with Gasteiger partial charge in [0, 0.05) is 19.3 Å². The van der Waals surface area contributed by atoms with E-state index in [1.54, 1.807) is 7.11 Å². The molecule has 164 valence electrons. The van der Waals surface area contributed by atoms with Gasteiger partial charge >= 0.3 is 0 Å². The number of aromatic nitrogens is 2. The Bertz CT molecular complexity index is 1050. The molecule has 6 nitrogen and oxygen atoms in total. The zero-order chi connectivity index (χ0) is 22.0. The number of benzene rings is 2. The average Bonchev–Trinajstić information content (AvgIpc) is 3.19. The Morgan fingerprint density at radius 3 is 2.42 bits per heavy atom. The van der Waals surface area contributed by atoms with Crippen molar-refractivity contribution in [3.05, 3.63) is 59.9 Å². The quantitative estimate of drug-likeness (QED) is 0.634. The van der Waals surface area contributed by atoms with E-state index in [-0.39, 0.29) is 18.0 Å². The van der Waals surface area contributed by atoms with Crippen LogP contribution >= 0.6 is 0 Å². The summed E-state index contributed by atoms with van der Waals surface area (Å²) < 4.78 is 13.1. The van der Waals surface area contributed by atoms with Crippen LogP contribution in [0.3, 0.4) is 0 Å². The fourth-order valence-corrected chi connectivity index (χ4v) is 4.59. The van der Waals surface area contributed by atoms with Crippen LogP contribution in [0.15, 0.2) is 48.5 Å². The van der Waals surface area contributed by atoms with Crippen molar-refractivity contribution in [3.63, 3.8) is 0 Å². The molecule has 1 aromatic heterocycles. The van der Waals surface area contributed by atoms with Gasteiger partial charge in [-0.05, 0) is 63.4 Å². The summed E-state index contributed by atoms with van der Waals surface area (Å²) >= 11 is 0. The fourth-order valence-electron chi connectivity index (χ4n) is 4.59. The number of ether oxygens (including phenoxy) is 2. The van der Waals surface area contributed by atoms with Gasteiger partial charge in [-0.15, -0.1) is 0 Å². The van der Waals surface area contributed by atoms with Crippen LogP contribution in [0.25, 0.3) is 11.0 Å². The minimum absolute atomic E-state index is 0.0239. The predicted octanol–water partition coefficient (Wildman–Crippen LogP) is 4.55. The van der Waals surface area contributed by atoms with Crippen LogP contribution in [0.1, 0.15) is 57.1 Å². The van der Waals surface area contributed by atoms with Crippen LogP contribution in [0.4, 0.5) is 0 Å². The molecule has 4 rings (SSSR count). The molecule has 1 fully saturated rings. The highest BCUT2D eigenvalue weighted by atomic mass is 16.5. The van der Waals surface area contributed by atoms with Gasteiger partial charge in [-0.1, -0.05) is 24.3 Å². The number of para-hydroxylation sites is 2. The Morgan fingerprint density at radius 2 is 1.77 bits per heavy atom. The van der Waals surface area contributed by atoms with E-state index in [2.05, 4.69) is 29.8 Å². The molecule has 31 heavy (non-hydrogen) atoms. The van der Waals surface area contributed by atoms with Crippen molar-refractivity contribution >= 4 is 16.9 Å². The highest BCUT2D eigenvalue weighted by Crippen LogP contribution is 2.37. The highest BCUT2D eigenvalue weighted by molar-refractivity contribution is 5.89. The van der Waals surface area contributed by atoms with Gasteiger partial charge in [0.15, 0.2) is 0 Å². The average molecular weight is 422 g/mol. The number of amides is 1. The second-order valence-corrected chi connectivity index (χ2v) is 8.54. The molecule has 0 unspecified atom stereocenters. The Kier molecular flexibility index (Phi) is 6.01. The Labute approximate surface area is 183 Å². The minimum Gasteiger partial charge on any atom is -0.497 e. The van der Waals surface area contributed by atoms with Crippen LogP contribution in [0.2, 0.25) is 0 Å². The third-order valence-corrected chi connectivity index (χ3v) is 6.30. The van der Waals surface area contributed by atoms with E-state index in [0.29, 0.717) is 26.1 Å². The summed E-state index contributed by atoms with van der Waals surface area (Å²) in [5, 5.41) is 3.28. The number of rotatable bonds is 6. The van der Waals surface area contributed by atoms with Crippen molar-refractivity contribution in [2.75, 3.05) is 20.3 Å². The number of hydrogen-bond acceptors (Lipinski definition) is 4. The first-order valence-corrected chi connectivity index (χ1v) is 11.0. The zero-order valence-corrected chi connectivity index (χ0v) is 18.7. The number of imidazole rings is 1. The number of hydrogen-bond donors (Lipinski definition) is 1. The molecule has 1 saturated heterocycles. The summed E-state index contributed by atoms with van der Waals surface area (Å²) in [5.41, 5.74) is 2.42. The number of methoxy groups -OCH3 is 1. The molecule has 6 heteroatoms. The summed E-state index contributed by atoms with van der Waals surface area (Å²) in [4.78, 5) is 18.6. The normalized spacial score (nSPS) is 16.9. The largest absolute Gasteiger partial charge is 0.497 e. The second-order valence-electron chi connectivity index (χ2n) is 8.54. The highest BCUT2D eigenvalue weighted by Gasteiger charge is 2.42. The maximum atomic E-state index is 13.7.